The van der Waals surface area contributed by atoms with Gasteiger partial charge in [-0.15, -0.1) is 0 Å². The van der Waals surface area contributed by atoms with Crippen LogP contribution in [-0.2, 0) is 6.42 Å². The molecule has 0 bridgehead atoms. The minimum absolute atomic E-state index is 0.587. The van der Waals surface area contributed by atoms with Crippen molar-refractivity contribution in [1.82, 2.24) is 0 Å². The van der Waals surface area contributed by atoms with Gasteiger partial charge in [0.05, 0.1) is 12.2 Å². The zero-order valence-corrected chi connectivity index (χ0v) is 13.0. The second-order valence-corrected chi connectivity index (χ2v) is 5.70. The number of aryl methyl sites for hydroxylation is 2. The lowest BCUT2D eigenvalue weighted by molar-refractivity contribution is 0.00977. The lowest BCUT2D eigenvalue weighted by atomic mass is 9.90. The van der Waals surface area contributed by atoms with Crippen LogP contribution >= 0.6 is 0 Å². The topological polar surface area (TPSA) is 40.5 Å². The van der Waals surface area contributed by atoms with E-state index in [-0.39, 0.29) is 0 Å². The van der Waals surface area contributed by atoms with Crippen molar-refractivity contribution in [1.29, 1.82) is 0 Å². The van der Waals surface area contributed by atoms with Gasteiger partial charge < -0.3 is 10.2 Å². The molecule has 0 aliphatic heterocycles. The maximum absolute atomic E-state index is 9.98. The molecule has 0 amide bonds. The Labute approximate surface area is 117 Å². The zero-order chi connectivity index (χ0) is 14.6. The Hall–Kier alpha value is -0.860. The maximum Gasteiger partial charge on any atom is 0.0802 e. The summed E-state index contributed by atoms with van der Waals surface area (Å²) in [5, 5.41) is 19.8. The predicted molar refractivity (Wildman–Crippen MR) is 80.6 cm³/mol. The minimum Gasteiger partial charge on any atom is -0.390 e. The monoisotopic (exact) mass is 264 g/mol. The van der Waals surface area contributed by atoms with E-state index in [0.717, 1.165) is 12.8 Å². The lowest BCUT2D eigenvalue weighted by Gasteiger charge is -2.20. The van der Waals surface area contributed by atoms with Gasteiger partial charge in [0.1, 0.15) is 0 Å². The molecule has 0 fully saturated rings. The summed E-state index contributed by atoms with van der Waals surface area (Å²) in [6, 6.07) is 2.22. The van der Waals surface area contributed by atoms with Gasteiger partial charge in [-0.25, -0.2) is 0 Å². The van der Waals surface area contributed by atoms with E-state index < -0.39 is 12.2 Å². The van der Waals surface area contributed by atoms with Gasteiger partial charge in [-0.1, -0.05) is 19.4 Å². The molecule has 0 aromatic heterocycles. The van der Waals surface area contributed by atoms with Crippen LogP contribution in [0.2, 0.25) is 0 Å². The second-order valence-electron chi connectivity index (χ2n) is 5.70. The first-order valence-electron chi connectivity index (χ1n) is 7.30. The fraction of sp³-hybridized carbons (Fsp3) is 0.647. The van der Waals surface area contributed by atoms with Crippen molar-refractivity contribution in [3.8, 4) is 0 Å². The van der Waals surface area contributed by atoms with E-state index in [4.69, 9.17) is 0 Å². The molecule has 108 valence electrons. The first kappa shape index (κ1) is 16.2. The Morgan fingerprint density at radius 2 is 1.37 bits per heavy atom. The molecule has 2 unspecified atom stereocenters. The maximum atomic E-state index is 9.98. The Kier molecular flexibility index (Phi) is 6.02. The van der Waals surface area contributed by atoms with Crippen LogP contribution in [0.25, 0.3) is 0 Å². The van der Waals surface area contributed by atoms with Crippen molar-refractivity contribution in [2.45, 2.75) is 72.5 Å². The van der Waals surface area contributed by atoms with Gasteiger partial charge in [-0.2, -0.15) is 0 Å². The summed E-state index contributed by atoms with van der Waals surface area (Å²) in [6.45, 7) is 10.6. The van der Waals surface area contributed by atoms with Gasteiger partial charge in [0, 0.05) is 0 Å². The molecular formula is C17H28O2. The molecule has 0 saturated heterocycles. The number of rotatable bonds is 6. The summed E-state index contributed by atoms with van der Waals surface area (Å²) in [5.74, 6) is 0. The highest BCUT2D eigenvalue weighted by Crippen LogP contribution is 2.23. The van der Waals surface area contributed by atoms with E-state index in [1.807, 2.05) is 6.92 Å². The summed E-state index contributed by atoms with van der Waals surface area (Å²) >= 11 is 0. The van der Waals surface area contributed by atoms with Crippen LogP contribution in [0.4, 0.5) is 0 Å². The van der Waals surface area contributed by atoms with Crippen molar-refractivity contribution in [3.05, 3.63) is 33.9 Å². The summed E-state index contributed by atoms with van der Waals surface area (Å²) in [7, 11) is 0. The van der Waals surface area contributed by atoms with Gasteiger partial charge in [-0.05, 0) is 74.8 Å². The standard InChI is InChI=1S/C17H28O2/c1-6-7-16(18)17(19)9-8-15-13(4)11(2)10-12(3)14(15)5/h10,16-19H,6-9H2,1-5H3. The number of hydrogen-bond donors (Lipinski definition) is 2. The normalized spacial score (nSPS) is 14.5. The molecule has 0 heterocycles. The Balaban J connectivity index is 2.78. The largest absolute Gasteiger partial charge is 0.390 e. The van der Waals surface area contributed by atoms with Gasteiger partial charge in [0.2, 0.25) is 0 Å². The van der Waals surface area contributed by atoms with Gasteiger partial charge in [-0.3, -0.25) is 0 Å². The molecule has 1 aromatic rings. The van der Waals surface area contributed by atoms with Crippen LogP contribution in [0.15, 0.2) is 6.07 Å². The van der Waals surface area contributed by atoms with E-state index in [1.165, 1.54) is 27.8 Å². The Morgan fingerprint density at radius 3 is 1.84 bits per heavy atom. The van der Waals surface area contributed by atoms with E-state index in [2.05, 4.69) is 33.8 Å². The molecule has 0 aliphatic rings. The molecule has 19 heavy (non-hydrogen) atoms. The number of hydrogen-bond acceptors (Lipinski definition) is 2. The molecule has 2 nitrogen and oxygen atoms in total. The first-order chi connectivity index (χ1) is 8.88. The molecule has 0 radical (unpaired) electrons. The molecule has 0 spiro atoms. The van der Waals surface area contributed by atoms with Gasteiger partial charge in [0.15, 0.2) is 0 Å². The second kappa shape index (κ2) is 7.06. The molecular weight excluding hydrogens is 236 g/mol. The van der Waals surface area contributed by atoms with Crippen LogP contribution in [0.5, 0.6) is 0 Å². The molecule has 2 heteroatoms. The van der Waals surface area contributed by atoms with Gasteiger partial charge in [0.25, 0.3) is 0 Å². The van der Waals surface area contributed by atoms with Crippen LogP contribution in [0.3, 0.4) is 0 Å². The van der Waals surface area contributed by atoms with Crippen molar-refractivity contribution >= 4 is 0 Å². The number of aliphatic hydroxyl groups excluding tert-OH is 2. The molecule has 1 aromatic carbocycles. The number of benzene rings is 1. The van der Waals surface area contributed by atoms with E-state index in [9.17, 15) is 10.2 Å². The van der Waals surface area contributed by atoms with Crippen LogP contribution in [-0.4, -0.2) is 22.4 Å². The molecule has 1 rings (SSSR count). The average molecular weight is 264 g/mol. The summed E-state index contributed by atoms with van der Waals surface area (Å²) in [5.41, 5.74) is 6.59. The third-order valence-electron chi connectivity index (χ3n) is 4.24. The molecule has 0 aliphatic carbocycles. The predicted octanol–water partition coefficient (Wildman–Crippen LogP) is 3.37. The van der Waals surface area contributed by atoms with Crippen LogP contribution in [0.1, 0.15) is 54.0 Å². The summed E-state index contributed by atoms with van der Waals surface area (Å²) in [6.07, 6.45) is 1.84. The molecule has 0 saturated carbocycles. The van der Waals surface area contributed by atoms with E-state index in [1.54, 1.807) is 0 Å². The summed E-state index contributed by atoms with van der Waals surface area (Å²) in [4.78, 5) is 0. The van der Waals surface area contributed by atoms with Crippen molar-refractivity contribution in [2.24, 2.45) is 0 Å². The van der Waals surface area contributed by atoms with Crippen molar-refractivity contribution < 1.29 is 10.2 Å². The van der Waals surface area contributed by atoms with Crippen LogP contribution < -0.4 is 0 Å². The Morgan fingerprint density at radius 1 is 0.895 bits per heavy atom. The highest BCUT2D eigenvalue weighted by molar-refractivity contribution is 5.44. The van der Waals surface area contributed by atoms with Crippen LogP contribution in [0, 0.1) is 27.7 Å². The summed E-state index contributed by atoms with van der Waals surface area (Å²) < 4.78 is 0. The molecule has 2 atom stereocenters. The quantitative estimate of drug-likeness (QED) is 0.827. The SMILES string of the molecule is CCCC(O)C(O)CCc1c(C)c(C)cc(C)c1C. The van der Waals surface area contributed by atoms with Crippen molar-refractivity contribution in [3.63, 3.8) is 0 Å². The Bertz CT molecular complexity index is 398. The fourth-order valence-electron chi connectivity index (χ4n) is 2.65. The lowest BCUT2D eigenvalue weighted by Crippen LogP contribution is -2.26. The van der Waals surface area contributed by atoms with Gasteiger partial charge >= 0.3 is 0 Å². The molecule has 2 N–H and O–H groups in total. The van der Waals surface area contributed by atoms with E-state index in [0.29, 0.717) is 12.8 Å². The van der Waals surface area contributed by atoms with Crippen molar-refractivity contribution in [2.75, 3.05) is 0 Å². The highest BCUT2D eigenvalue weighted by atomic mass is 16.3. The zero-order valence-electron chi connectivity index (χ0n) is 13.0. The van der Waals surface area contributed by atoms with E-state index >= 15 is 0 Å². The fourth-order valence-corrected chi connectivity index (χ4v) is 2.65. The smallest absolute Gasteiger partial charge is 0.0802 e. The average Bonchev–Trinajstić information content (AvgIpc) is 2.36. The minimum atomic E-state index is -0.612. The third kappa shape index (κ3) is 4.05. The third-order valence-corrected chi connectivity index (χ3v) is 4.24. The highest BCUT2D eigenvalue weighted by Gasteiger charge is 2.16. The number of aliphatic hydroxyl groups is 2. The first-order valence-corrected chi connectivity index (χ1v) is 7.30.